The summed E-state index contributed by atoms with van der Waals surface area (Å²) in [5, 5.41) is 7.17. The third kappa shape index (κ3) is 3.69. The number of thiophene rings is 1. The van der Waals surface area contributed by atoms with Gasteiger partial charge in [0.15, 0.2) is 0 Å². The number of carbonyl (C=O) groups excluding carboxylic acids is 1. The van der Waals surface area contributed by atoms with Gasteiger partial charge < -0.3 is 10.2 Å². The van der Waals surface area contributed by atoms with Crippen molar-refractivity contribution >= 4 is 17.4 Å². The number of piperidine rings is 1. The Balaban J connectivity index is 1.64. The first-order valence-corrected chi connectivity index (χ1v) is 9.36. The summed E-state index contributed by atoms with van der Waals surface area (Å²) in [4.78, 5) is 16.4. The van der Waals surface area contributed by atoms with Crippen LogP contribution in [0.25, 0.3) is 0 Å². The molecular weight excluding hydrogens is 313 g/mol. The van der Waals surface area contributed by atoms with Crippen LogP contribution in [0.3, 0.4) is 0 Å². The third-order valence-electron chi connectivity index (χ3n) is 4.97. The van der Waals surface area contributed by atoms with Gasteiger partial charge in [0.05, 0.1) is 0 Å². The number of alkyl halides is 1. The van der Waals surface area contributed by atoms with Crippen molar-refractivity contribution in [1.29, 1.82) is 0 Å². The first-order valence-electron chi connectivity index (χ1n) is 8.41. The lowest BCUT2D eigenvalue weighted by Crippen LogP contribution is -2.56. The molecular formula is C17H26FN3OS. The lowest BCUT2D eigenvalue weighted by atomic mass is 9.77. The second-order valence-corrected chi connectivity index (χ2v) is 8.02. The summed E-state index contributed by atoms with van der Waals surface area (Å²) in [5.41, 5.74) is 0.912. The standard InChI is InChI=1S/C17H26FN3OS/c1-13(2)19-16(22)21-6-3-15(18)17(12-21)5-7-20(11-17)9-14-4-8-23-10-14/h4,8,10,13,15H,3,5-7,9,11-12H2,1-2H3,(H,19,22). The van der Waals surface area contributed by atoms with Crippen LogP contribution in [-0.2, 0) is 6.54 Å². The van der Waals surface area contributed by atoms with Crippen molar-refractivity contribution in [3.8, 4) is 0 Å². The molecule has 1 N–H and O–H groups in total. The Morgan fingerprint density at radius 2 is 2.30 bits per heavy atom. The van der Waals surface area contributed by atoms with E-state index in [1.807, 2.05) is 18.7 Å². The smallest absolute Gasteiger partial charge is 0.317 e. The van der Waals surface area contributed by atoms with Gasteiger partial charge in [-0.2, -0.15) is 11.3 Å². The zero-order valence-electron chi connectivity index (χ0n) is 13.9. The lowest BCUT2D eigenvalue weighted by molar-refractivity contribution is 0.0247. The number of amides is 2. The number of likely N-dealkylation sites (tertiary alicyclic amines) is 2. The van der Waals surface area contributed by atoms with E-state index >= 15 is 0 Å². The van der Waals surface area contributed by atoms with Crippen LogP contribution in [0, 0.1) is 5.41 Å². The Morgan fingerprint density at radius 3 is 3.00 bits per heavy atom. The van der Waals surface area contributed by atoms with Crippen LogP contribution >= 0.6 is 11.3 Å². The van der Waals surface area contributed by atoms with Crippen molar-refractivity contribution < 1.29 is 9.18 Å². The predicted octanol–water partition coefficient (Wildman–Crippen LogP) is 3.10. The molecule has 3 rings (SSSR count). The normalized spacial score (nSPS) is 28.7. The van der Waals surface area contributed by atoms with E-state index < -0.39 is 6.17 Å². The van der Waals surface area contributed by atoms with Crippen molar-refractivity contribution in [3.63, 3.8) is 0 Å². The number of hydrogen-bond donors (Lipinski definition) is 1. The zero-order chi connectivity index (χ0) is 16.4. The molecule has 23 heavy (non-hydrogen) atoms. The SMILES string of the molecule is CC(C)NC(=O)N1CCC(F)C2(CCN(Cc3ccsc3)C2)C1. The van der Waals surface area contributed by atoms with Gasteiger partial charge in [0.25, 0.3) is 0 Å². The Hall–Kier alpha value is -1.14. The molecule has 2 aliphatic heterocycles. The van der Waals surface area contributed by atoms with Gasteiger partial charge in [-0.25, -0.2) is 9.18 Å². The summed E-state index contributed by atoms with van der Waals surface area (Å²) in [7, 11) is 0. The second kappa shape index (κ2) is 6.77. The summed E-state index contributed by atoms with van der Waals surface area (Å²) < 4.78 is 14.7. The number of hydrogen-bond acceptors (Lipinski definition) is 3. The monoisotopic (exact) mass is 339 g/mol. The van der Waals surface area contributed by atoms with E-state index in [-0.39, 0.29) is 17.5 Å². The maximum Gasteiger partial charge on any atom is 0.317 e. The Kier molecular flexibility index (Phi) is 4.92. The molecule has 0 radical (unpaired) electrons. The largest absolute Gasteiger partial charge is 0.336 e. The molecule has 2 fully saturated rings. The molecule has 2 saturated heterocycles. The highest BCUT2D eigenvalue weighted by atomic mass is 32.1. The maximum atomic E-state index is 14.7. The van der Waals surface area contributed by atoms with Gasteiger partial charge in [-0.15, -0.1) is 0 Å². The number of urea groups is 1. The maximum absolute atomic E-state index is 14.7. The molecule has 2 atom stereocenters. The van der Waals surface area contributed by atoms with Crippen LogP contribution in [0.15, 0.2) is 16.8 Å². The molecule has 6 heteroatoms. The second-order valence-electron chi connectivity index (χ2n) is 7.24. The van der Waals surface area contributed by atoms with Crippen molar-refractivity contribution in [2.45, 2.75) is 45.4 Å². The predicted molar refractivity (Wildman–Crippen MR) is 91.4 cm³/mol. The Morgan fingerprint density at radius 1 is 1.48 bits per heavy atom. The van der Waals surface area contributed by atoms with Crippen LogP contribution in [0.5, 0.6) is 0 Å². The summed E-state index contributed by atoms with van der Waals surface area (Å²) in [5.74, 6) is 0. The average Bonchev–Trinajstić information content (AvgIpc) is 3.13. The molecule has 3 heterocycles. The van der Waals surface area contributed by atoms with Crippen LogP contribution in [0.2, 0.25) is 0 Å². The van der Waals surface area contributed by atoms with Gasteiger partial charge >= 0.3 is 6.03 Å². The minimum atomic E-state index is -0.807. The summed E-state index contributed by atoms with van der Waals surface area (Å²) in [6.45, 7) is 7.50. The molecule has 1 aromatic rings. The number of halogens is 1. The molecule has 2 aliphatic rings. The first kappa shape index (κ1) is 16.7. The molecule has 128 valence electrons. The van der Waals surface area contributed by atoms with Crippen LogP contribution in [0.4, 0.5) is 9.18 Å². The molecule has 0 aromatic carbocycles. The van der Waals surface area contributed by atoms with Crippen molar-refractivity contribution in [2.24, 2.45) is 5.41 Å². The van der Waals surface area contributed by atoms with Crippen LogP contribution in [0.1, 0.15) is 32.3 Å². The summed E-state index contributed by atoms with van der Waals surface area (Å²) in [6.07, 6.45) is 0.486. The van der Waals surface area contributed by atoms with Crippen molar-refractivity contribution in [2.75, 3.05) is 26.2 Å². The zero-order valence-corrected chi connectivity index (χ0v) is 14.7. The fourth-order valence-electron chi connectivity index (χ4n) is 3.79. The number of nitrogens with zero attached hydrogens (tertiary/aromatic N) is 2. The fraction of sp³-hybridized carbons (Fsp3) is 0.706. The summed E-state index contributed by atoms with van der Waals surface area (Å²) in [6, 6.07) is 2.19. The molecule has 1 spiro atoms. The average molecular weight is 339 g/mol. The van der Waals surface area contributed by atoms with E-state index in [1.54, 1.807) is 11.3 Å². The number of nitrogens with one attached hydrogen (secondary N) is 1. The minimum absolute atomic E-state index is 0.0532. The topological polar surface area (TPSA) is 35.6 Å². The van der Waals surface area contributed by atoms with Gasteiger partial charge in [-0.05, 0) is 55.6 Å². The van der Waals surface area contributed by atoms with E-state index in [0.717, 1.165) is 26.1 Å². The van der Waals surface area contributed by atoms with E-state index in [0.29, 0.717) is 19.5 Å². The van der Waals surface area contributed by atoms with Gasteiger partial charge in [0.1, 0.15) is 6.17 Å². The van der Waals surface area contributed by atoms with Gasteiger partial charge in [-0.1, -0.05) is 0 Å². The van der Waals surface area contributed by atoms with Crippen molar-refractivity contribution in [1.82, 2.24) is 15.1 Å². The van der Waals surface area contributed by atoms with Gasteiger partial charge in [0, 0.05) is 37.6 Å². The molecule has 0 aliphatic carbocycles. The Labute approximate surface area is 141 Å². The molecule has 2 amide bonds. The molecule has 0 bridgehead atoms. The molecule has 2 unspecified atom stereocenters. The van der Waals surface area contributed by atoms with Crippen LogP contribution in [-0.4, -0.2) is 54.2 Å². The van der Waals surface area contributed by atoms with E-state index in [9.17, 15) is 9.18 Å². The fourth-order valence-corrected chi connectivity index (χ4v) is 4.45. The van der Waals surface area contributed by atoms with E-state index in [2.05, 4.69) is 27.0 Å². The van der Waals surface area contributed by atoms with Gasteiger partial charge in [0.2, 0.25) is 0 Å². The quantitative estimate of drug-likeness (QED) is 0.918. The molecule has 4 nitrogen and oxygen atoms in total. The third-order valence-corrected chi connectivity index (χ3v) is 5.70. The Bertz CT molecular complexity index is 536. The van der Waals surface area contributed by atoms with E-state index in [1.165, 1.54) is 5.56 Å². The minimum Gasteiger partial charge on any atom is -0.336 e. The first-order chi connectivity index (χ1) is 11.0. The highest BCUT2D eigenvalue weighted by molar-refractivity contribution is 7.07. The van der Waals surface area contributed by atoms with Gasteiger partial charge in [-0.3, -0.25) is 4.90 Å². The number of rotatable bonds is 3. The number of carbonyl (C=O) groups is 1. The summed E-state index contributed by atoms with van der Waals surface area (Å²) >= 11 is 1.70. The van der Waals surface area contributed by atoms with Crippen molar-refractivity contribution in [3.05, 3.63) is 22.4 Å². The lowest BCUT2D eigenvalue weighted by Gasteiger charge is -2.43. The molecule has 0 saturated carbocycles. The van der Waals surface area contributed by atoms with E-state index in [4.69, 9.17) is 0 Å². The highest BCUT2D eigenvalue weighted by Crippen LogP contribution is 2.41. The molecule has 1 aromatic heterocycles. The highest BCUT2D eigenvalue weighted by Gasteiger charge is 2.49. The van der Waals surface area contributed by atoms with Crippen LogP contribution < -0.4 is 5.32 Å².